The number of benzene rings is 1. The highest BCUT2D eigenvalue weighted by Gasteiger charge is 2.02. The highest BCUT2D eigenvalue weighted by Crippen LogP contribution is 2.13. The van der Waals surface area contributed by atoms with Gasteiger partial charge in [0.15, 0.2) is 0 Å². The molecule has 0 aliphatic heterocycles. The Morgan fingerprint density at radius 2 is 2.12 bits per heavy atom. The van der Waals surface area contributed by atoms with Crippen molar-refractivity contribution in [1.82, 2.24) is 15.1 Å². The van der Waals surface area contributed by atoms with Gasteiger partial charge in [0.1, 0.15) is 0 Å². The van der Waals surface area contributed by atoms with E-state index in [2.05, 4.69) is 48.7 Å². The number of aromatic nitrogens is 2. The number of para-hydroxylation sites is 1. The summed E-state index contributed by atoms with van der Waals surface area (Å²) in [6.07, 6.45) is 5.09. The lowest BCUT2D eigenvalue weighted by atomic mass is 10.2. The number of aryl methyl sites for hydroxylation is 1. The van der Waals surface area contributed by atoms with Crippen molar-refractivity contribution in [1.29, 1.82) is 0 Å². The molecule has 0 unspecified atom stereocenters. The number of hydrogen-bond acceptors (Lipinski definition) is 2. The van der Waals surface area contributed by atoms with E-state index in [0.29, 0.717) is 0 Å². The second-order valence-corrected chi connectivity index (χ2v) is 4.18. The second-order valence-electron chi connectivity index (χ2n) is 4.18. The summed E-state index contributed by atoms with van der Waals surface area (Å²) >= 11 is 0. The molecule has 2 aromatic rings. The molecule has 90 valence electrons. The Morgan fingerprint density at radius 1 is 1.29 bits per heavy atom. The molecular weight excluding hydrogens is 210 g/mol. The lowest BCUT2D eigenvalue weighted by Crippen LogP contribution is -2.15. The van der Waals surface area contributed by atoms with Crippen LogP contribution in [0.5, 0.6) is 0 Å². The van der Waals surface area contributed by atoms with E-state index in [-0.39, 0.29) is 0 Å². The van der Waals surface area contributed by atoms with Crippen LogP contribution in [0.1, 0.15) is 18.1 Å². The highest BCUT2D eigenvalue weighted by atomic mass is 15.3. The fraction of sp³-hybridized carbons (Fsp3) is 0.357. The largest absolute Gasteiger partial charge is 0.317 e. The second kappa shape index (κ2) is 5.64. The van der Waals surface area contributed by atoms with Crippen LogP contribution in [0.3, 0.4) is 0 Å². The molecule has 0 saturated carbocycles. The molecule has 0 bridgehead atoms. The van der Waals surface area contributed by atoms with Gasteiger partial charge in [0.25, 0.3) is 0 Å². The number of nitrogens with one attached hydrogen (secondary N) is 1. The van der Waals surface area contributed by atoms with E-state index in [4.69, 9.17) is 0 Å². The third kappa shape index (κ3) is 2.94. The van der Waals surface area contributed by atoms with Crippen LogP contribution in [0.4, 0.5) is 0 Å². The SMILES string of the molecule is CCNCCc1cnn(-c2ccccc2C)c1. The maximum atomic E-state index is 4.41. The van der Waals surface area contributed by atoms with Crippen molar-refractivity contribution >= 4 is 0 Å². The van der Waals surface area contributed by atoms with E-state index in [0.717, 1.165) is 25.2 Å². The first-order valence-electron chi connectivity index (χ1n) is 6.11. The summed E-state index contributed by atoms with van der Waals surface area (Å²) in [7, 11) is 0. The molecule has 17 heavy (non-hydrogen) atoms. The standard InChI is InChI=1S/C14H19N3/c1-3-15-9-8-13-10-16-17(11-13)14-7-5-4-6-12(14)2/h4-7,10-11,15H,3,8-9H2,1-2H3. The predicted molar refractivity (Wildman–Crippen MR) is 70.5 cm³/mol. The van der Waals surface area contributed by atoms with Crippen LogP contribution in [0.2, 0.25) is 0 Å². The molecule has 0 saturated heterocycles. The van der Waals surface area contributed by atoms with Crippen molar-refractivity contribution in [3.05, 3.63) is 47.8 Å². The summed E-state index contributed by atoms with van der Waals surface area (Å²) in [5, 5.41) is 7.74. The average molecular weight is 229 g/mol. The number of rotatable bonds is 5. The van der Waals surface area contributed by atoms with Crippen LogP contribution in [0.25, 0.3) is 5.69 Å². The molecular formula is C14H19N3. The van der Waals surface area contributed by atoms with E-state index in [9.17, 15) is 0 Å². The van der Waals surface area contributed by atoms with Gasteiger partial charge in [-0.1, -0.05) is 25.1 Å². The highest BCUT2D eigenvalue weighted by molar-refractivity contribution is 5.39. The van der Waals surface area contributed by atoms with Crippen molar-refractivity contribution in [2.75, 3.05) is 13.1 Å². The van der Waals surface area contributed by atoms with E-state index in [1.807, 2.05) is 16.9 Å². The maximum Gasteiger partial charge on any atom is 0.0674 e. The molecule has 0 spiro atoms. The van der Waals surface area contributed by atoms with E-state index >= 15 is 0 Å². The lowest BCUT2D eigenvalue weighted by molar-refractivity contribution is 0.716. The van der Waals surface area contributed by atoms with Crippen LogP contribution in [-0.4, -0.2) is 22.9 Å². The molecule has 0 radical (unpaired) electrons. The summed E-state index contributed by atoms with van der Waals surface area (Å²) in [5.41, 5.74) is 3.67. The minimum absolute atomic E-state index is 1.01. The normalized spacial score (nSPS) is 10.7. The van der Waals surface area contributed by atoms with Crippen LogP contribution < -0.4 is 5.32 Å². The van der Waals surface area contributed by atoms with Gasteiger partial charge in [-0.15, -0.1) is 0 Å². The Kier molecular flexibility index (Phi) is 3.94. The lowest BCUT2D eigenvalue weighted by Gasteiger charge is -2.04. The summed E-state index contributed by atoms with van der Waals surface area (Å²) < 4.78 is 1.95. The summed E-state index contributed by atoms with van der Waals surface area (Å²) in [4.78, 5) is 0. The van der Waals surface area contributed by atoms with E-state index < -0.39 is 0 Å². The van der Waals surface area contributed by atoms with Crippen molar-refractivity contribution in [2.24, 2.45) is 0 Å². The third-order valence-corrected chi connectivity index (χ3v) is 2.84. The van der Waals surface area contributed by atoms with Gasteiger partial charge >= 0.3 is 0 Å². The zero-order valence-corrected chi connectivity index (χ0v) is 10.5. The zero-order valence-electron chi connectivity index (χ0n) is 10.5. The molecule has 1 heterocycles. The van der Waals surface area contributed by atoms with Gasteiger partial charge in [0, 0.05) is 6.20 Å². The zero-order chi connectivity index (χ0) is 12.1. The average Bonchev–Trinajstić information content (AvgIpc) is 2.79. The van der Waals surface area contributed by atoms with Gasteiger partial charge in [0.05, 0.1) is 11.9 Å². The topological polar surface area (TPSA) is 29.9 Å². The fourth-order valence-corrected chi connectivity index (χ4v) is 1.85. The first-order chi connectivity index (χ1) is 8.31. The molecule has 0 amide bonds. The van der Waals surface area contributed by atoms with Crippen LogP contribution in [-0.2, 0) is 6.42 Å². The van der Waals surface area contributed by atoms with Crippen molar-refractivity contribution in [3.8, 4) is 5.69 Å². The van der Waals surface area contributed by atoms with Crippen LogP contribution in [0, 0.1) is 6.92 Å². The van der Waals surface area contributed by atoms with Gasteiger partial charge in [0.2, 0.25) is 0 Å². The molecule has 1 N–H and O–H groups in total. The van der Waals surface area contributed by atoms with Crippen molar-refractivity contribution in [3.63, 3.8) is 0 Å². The smallest absolute Gasteiger partial charge is 0.0674 e. The Hall–Kier alpha value is -1.61. The minimum atomic E-state index is 1.01. The Bertz CT molecular complexity index is 474. The minimum Gasteiger partial charge on any atom is -0.317 e. The van der Waals surface area contributed by atoms with Gasteiger partial charge in [-0.3, -0.25) is 0 Å². The Morgan fingerprint density at radius 3 is 2.88 bits per heavy atom. The fourth-order valence-electron chi connectivity index (χ4n) is 1.85. The molecule has 1 aromatic carbocycles. The molecule has 3 nitrogen and oxygen atoms in total. The van der Waals surface area contributed by atoms with Crippen LogP contribution in [0.15, 0.2) is 36.7 Å². The van der Waals surface area contributed by atoms with Gasteiger partial charge in [-0.05, 0) is 43.6 Å². The molecule has 0 fully saturated rings. The molecule has 3 heteroatoms. The Labute approximate surface area is 102 Å². The summed E-state index contributed by atoms with van der Waals surface area (Å²) in [5.74, 6) is 0. The monoisotopic (exact) mass is 229 g/mol. The van der Waals surface area contributed by atoms with Gasteiger partial charge < -0.3 is 5.32 Å². The van der Waals surface area contributed by atoms with Crippen LogP contribution >= 0.6 is 0 Å². The van der Waals surface area contributed by atoms with Gasteiger partial charge in [-0.25, -0.2) is 4.68 Å². The van der Waals surface area contributed by atoms with E-state index in [1.165, 1.54) is 11.1 Å². The summed E-state index contributed by atoms with van der Waals surface area (Å²) in [6, 6.07) is 8.29. The van der Waals surface area contributed by atoms with Crippen molar-refractivity contribution < 1.29 is 0 Å². The third-order valence-electron chi connectivity index (χ3n) is 2.84. The number of nitrogens with zero attached hydrogens (tertiary/aromatic N) is 2. The first kappa shape index (κ1) is 11.9. The number of hydrogen-bond donors (Lipinski definition) is 1. The van der Waals surface area contributed by atoms with Gasteiger partial charge in [-0.2, -0.15) is 5.10 Å². The molecule has 1 aromatic heterocycles. The summed E-state index contributed by atoms with van der Waals surface area (Å²) in [6.45, 7) is 6.26. The maximum absolute atomic E-state index is 4.41. The first-order valence-corrected chi connectivity index (χ1v) is 6.11. The van der Waals surface area contributed by atoms with Crippen molar-refractivity contribution in [2.45, 2.75) is 20.3 Å². The molecule has 2 rings (SSSR count). The number of likely N-dealkylation sites (N-methyl/N-ethyl adjacent to an activating group) is 1. The predicted octanol–water partition coefficient (Wildman–Crippen LogP) is 2.33. The van der Waals surface area contributed by atoms with E-state index in [1.54, 1.807) is 0 Å². The molecule has 0 atom stereocenters. The molecule has 0 aliphatic carbocycles. The molecule has 0 aliphatic rings. The Balaban J connectivity index is 2.10. The quantitative estimate of drug-likeness (QED) is 0.797.